The van der Waals surface area contributed by atoms with E-state index < -0.39 is 11.8 Å². The van der Waals surface area contributed by atoms with Crippen LogP contribution in [0.4, 0.5) is 5.69 Å². The Morgan fingerprint density at radius 1 is 0.833 bits per heavy atom. The molecule has 0 aliphatic carbocycles. The SMILES string of the molecule is O=C(NNC(=O)c1ccccc1O)C1=NN(c2ccccc2)C(c2ccccc2)C1. The van der Waals surface area contributed by atoms with Gasteiger partial charge in [0.1, 0.15) is 11.5 Å². The minimum atomic E-state index is -0.612. The number of hydrazine groups is 1. The molecule has 3 aromatic rings. The van der Waals surface area contributed by atoms with Gasteiger partial charge in [0.15, 0.2) is 0 Å². The van der Waals surface area contributed by atoms with Crippen molar-refractivity contribution < 1.29 is 14.7 Å². The van der Waals surface area contributed by atoms with Crippen molar-refractivity contribution >= 4 is 23.2 Å². The number of hydrogen-bond donors (Lipinski definition) is 3. The molecule has 2 amide bonds. The largest absolute Gasteiger partial charge is 0.507 e. The summed E-state index contributed by atoms with van der Waals surface area (Å²) in [5.74, 6) is -1.28. The van der Waals surface area contributed by atoms with Crippen LogP contribution in [0.2, 0.25) is 0 Å². The zero-order valence-electron chi connectivity index (χ0n) is 16.0. The molecule has 0 saturated heterocycles. The van der Waals surface area contributed by atoms with Gasteiger partial charge in [0.25, 0.3) is 11.8 Å². The molecule has 1 heterocycles. The summed E-state index contributed by atoms with van der Waals surface area (Å²) in [6.45, 7) is 0. The van der Waals surface area contributed by atoms with Crippen LogP contribution >= 0.6 is 0 Å². The maximum absolute atomic E-state index is 12.7. The molecule has 3 N–H and O–H groups in total. The number of benzene rings is 3. The van der Waals surface area contributed by atoms with Crippen LogP contribution in [0.5, 0.6) is 5.75 Å². The van der Waals surface area contributed by atoms with Gasteiger partial charge in [0, 0.05) is 6.42 Å². The van der Waals surface area contributed by atoms with E-state index in [2.05, 4.69) is 16.0 Å². The van der Waals surface area contributed by atoms with E-state index in [0.29, 0.717) is 12.1 Å². The lowest BCUT2D eigenvalue weighted by Gasteiger charge is -2.23. The molecule has 0 saturated carbocycles. The van der Waals surface area contributed by atoms with Crippen molar-refractivity contribution in [3.05, 3.63) is 96.1 Å². The van der Waals surface area contributed by atoms with E-state index in [-0.39, 0.29) is 17.4 Å². The van der Waals surface area contributed by atoms with Gasteiger partial charge in [0.2, 0.25) is 0 Å². The number of aromatic hydroxyl groups is 1. The molecule has 1 aliphatic heterocycles. The van der Waals surface area contributed by atoms with Crippen LogP contribution in [-0.2, 0) is 4.79 Å². The van der Waals surface area contributed by atoms with Crippen LogP contribution < -0.4 is 15.9 Å². The lowest BCUT2D eigenvalue weighted by Crippen LogP contribution is -2.44. The average molecular weight is 400 g/mol. The number of phenols is 1. The summed E-state index contributed by atoms with van der Waals surface area (Å²) in [5.41, 5.74) is 6.98. The Kier molecular flexibility index (Phi) is 5.43. The molecule has 7 nitrogen and oxygen atoms in total. The van der Waals surface area contributed by atoms with Crippen molar-refractivity contribution in [3.8, 4) is 5.75 Å². The summed E-state index contributed by atoms with van der Waals surface area (Å²) in [6.07, 6.45) is 0.386. The highest BCUT2D eigenvalue weighted by Gasteiger charge is 2.32. The monoisotopic (exact) mass is 400 g/mol. The van der Waals surface area contributed by atoms with Gasteiger partial charge in [-0.05, 0) is 29.8 Å². The van der Waals surface area contributed by atoms with Crippen LogP contribution in [0.15, 0.2) is 90.0 Å². The molecule has 0 spiro atoms. The molecule has 0 bridgehead atoms. The highest BCUT2D eigenvalue weighted by molar-refractivity contribution is 6.39. The highest BCUT2D eigenvalue weighted by atomic mass is 16.3. The van der Waals surface area contributed by atoms with Gasteiger partial charge in [-0.3, -0.25) is 25.4 Å². The predicted octanol–water partition coefficient (Wildman–Crippen LogP) is 3.16. The second kappa shape index (κ2) is 8.48. The van der Waals surface area contributed by atoms with E-state index in [0.717, 1.165) is 11.3 Å². The smallest absolute Gasteiger partial charge is 0.285 e. The fourth-order valence-electron chi connectivity index (χ4n) is 3.32. The van der Waals surface area contributed by atoms with Gasteiger partial charge in [-0.2, -0.15) is 5.10 Å². The number of amides is 2. The van der Waals surface area contributed by atoms with Crippen LogP contribution in [0.3, 0.4) is 0 Å². The van der Waals surface area contributed by atoms with Crippen molar-refractivity contribution in [1.29, 1.82) is 0 Å². The summed E-state index contributed by atoms with van der Waals surface area (Å²) in [6, 6.07) is 25.4. The Bertz CT molecular complexity index is 1080. The number of anilines is 1. The number of nitrogens with zero attached hydrogens (tertiary/aromatic N) is 2. The van der Waals surface area contributed by atoms with Crippen molar-refractivity contribution in [2.75, 3.05) is 5.01 Å². The zero-order valence-corrected chi connectivity index (χ0v) is 16.0. The second-order valence-electron chi connectivity index (χ2n) is 6.78. The lowest BCUT2D eigenvalue weighted by molar-refractivity contribution is -0.115. The molecule has 30 heavy (non-hydrogen) atoms. The fourth-order valence-corrected chi connectivity index (χ4v) is 3.32. The zero-order chi connectivity index (χ0) is 20.9. The summed E-state index contributed by atoms with van der Waals surface area (Å²) in [4.78, 5) is 24.9. The molecule has 4 rings (SSSR count). The van der Waals surface area contributed by atoms with Gasteiger partial charge < -0.3 is 5.11 Å². The summed E-state index contributed by atoms with van der Waals surface area (Å²) in [7, 11) is 0. The van der Waals surface area contributed by atoms with Gasteiger partial charge in [-0.15, -0.1) is 0 Å². The molecular formula is C23H20N4O3. The third kappa shape index (κ3) is 4.00. The molecule has 1 unspecified atom stereocenters. The van der Waals surface area contributed by atoms with Crippen molar-refractivity contribution in [2.45, 2.75) is 12.5 Å². The van der Waals surface area contributed by atoms with Crippen molar-refractivity contribution in [1.82, 2.24) is 10.9 Å². The van der Waals surface area contributed by atoms with Gasteiger partial charge in [-0.25, -0.2) is 0 Å². The topological polar surface area (TPSA) is 94.0 Å². The molecule has 0 fully saturated rings. The molecule has 7 heteroatoms. The first-order valence-corrected chi connectivity index (χ1v) is 9.49. The Balaban J connectivity index is 1.51. The van der Waals surface area contributed by atoms with E-state index in [1.807, 2.05) is 65.7 Å². The number of nitrogens with one attached hydrogen (secondary N) is 2. The van der Waals surface area contributed by atoms with Gasteiger partial charge in [0.05, 0.1) is 17.3 Å². The Morgan fingerprint density at radius 3 is 2.13 bits per heavy atom. The second-order valence-corrected chi connectivity index (χ2v) is 6.78. The number of rotatable bonds is 4. The van der Waals surface area contributed by atoms with E-state index in [1.54, 1.807) is 12.1 Å². The van der Waals surface area contributed by atoms with Gasteiger partial charge >= 0.3 is 0 Å². The fraction of sp³-hybridized carbons (Fsp3) is 0.0870. The third-order valence-corrected chi connectivity index (χ3v) is 4.82. The number of hydrazone groups is 1. The number of hydrogen-bond acceptors (Lipinski definition) is 5. The molecule has 3 aromatic carbocycles. The average Bonchev–Trinajstić information content (AvgIpc) is 3.24. The Morgan fingerprint density at radius 2 is 1.43 bits per heavy atom. The maximum Gasteiger partial charge on any atom is 0.285 e. The first-order chi connectivity index (χ1) is 14.6. The standard InChI is InChI=1S/C23H20N4O3/c28-21-14-8-7-13-18(21)22(29)24-25-23(30)19-15-20(16-9-3-1-4-10-16)27(26-19)17-11-5-2-6-12-17/h1-14,20,28H,15H2,(H,24,29)(H,25,30). The van der Waals surface area contributed by atoms with E-state index in [9.17, 15) is 14.7 Å². The predicted molar refractivity (Wildman–Crippen MR) is 114 cm³/mol. The van der Waals surface area contributed by atoms with E-state index in [1.165, 1.54) is 12.1 Å². The number of carbonyl (C=O) groups excluding carboxylic acids is 2. The molecular weight excluding hydrogens is 380 g/mol. The van der Waals surface area contributed by atoms with Crippen molar-refractivity contribution in [2.24, 2.45) is 5.10 Å². The van der Waals surface area contributed by atoms with Crippen LogP contribution in [0, 0.1) is 0 Å². The lowest BCUT2D eigenvalue weighted by atomic mass is 10.0. The van der Waals surface area contributed by atoms with Crippen LogP contribution in [0.25, 0.3) is 0 Å². The van der Waals surface area contributed by atoms with Crippen LogP contribution in [-0.4, -0.2) is 22.6 Å². The normalized spacial score (nSPS) is 15.4. The van der Waals surface area contributed by atoms with E-state index >= 15 is 0 Å². The maximum atomic E-state index is 12.7. The molecule has 0 aromatic heterocycles. The molecule has 0 radical (unpaired) electrons. The van der Waals surface area contributed by atoms with Crippen molar-refractivity contribution in [3.63, 3.8) is 0 Å². The summed E-state index contributed by atoms with van der Waals surface area (Å²) in [5, 5.41) is 16.1. The first-order valence-electron chi connectivity index (χ1n) is 9.49. The minimum absolute atomic E-state index is 0.0687. The van der Waals surface area contributed by atoms with Gasteiger partial charge in [-0.1, -0.05) is 60.7 Å². The Hall–Kier alpha value is -4.13. The van der Waals surface area contributed by atoms with Crippen LogP contribution in [0.1, 0.15) is 28.4 Å². The number of carbonyl (C=O) groups is 2. The quantitative estimate of drug-likeness (QED) is 0.587. The van der Waals surface area contributed by atoms with E-state index in [4.69, 9.17) is 0 Å². The first kappa shape index (κ1) is 19.2. The summed E-state index contributed by atoms with van der Waals surface area (Å²) < 4.78 is 0. The molecule has 150 valence electrons. The minimum Gasteiger partial charge on any atom is -0.507 e. The highest BCUT2D eigenvalue weighted by Crippen LogP contribution is 2.34. The third-order valence-electron chi connectivity index (χ3n) is 4.82. The number of phenolic OH excluding ortho intramolecular Hbond substituents is 1. The molecule has 1 aliphatic rings. The summed E-state index contributed by atoms with van der Waals surface area (Å²) >= 11 is 0. The number of para-hydroxylation sites is 2. The Labute approximate surface area is 173 Å². The molecule has 1 atom stereocenters.